The Morgan fingerprint density at radius 1 is 0.769 bits per heavy atom. The third-order valence-electron chi connectivity index (χ3n) is 4.14. The van der Waals surface area contributed by atoms with Crippen LogP contribution in [0.1, 0.15) is 33.6 Å². The summed E-state index contributed by atoms with van der Waals surface area (Å²) in [7, 11) is -3.51. The smallest absolute Gasteiger partial charge is 0.267 e. The van der Waals surface area contributed by atoms with Gasteiger partial charge in [-0.05, 0) is 49.2 Å². The molecule has 1 fully saturated rings. The van der Waals surface area contributed by atoms with Gasteiger partial charge in [0.25, 0.3) is 11.8 Å². The Morgan fingerprint density at radius 3 is 1.81 bits per heavy atom. The zero-order valence-corrected chi connectivity index (χ0v) is 14.8. The van der Waals surface area contributed by atoms with Gasteiger partial charge in [-0.1, -0.05) is 18.2 Å². The number of nitrogens with zero attached hydrogens (tertiary/aromatic N) is 1. The SMILES string of the molecule is O=C(NNC(=O)c1ccc(S(=O)(=O)N2CCCC2)cc1)c1ccccc1. The predicted molar refractivity (Wildman–Crippen MR) is 95.8 cm³/mol. The molecule has 0 aromatic heterocycles. The summed E-state index contributed by atoms with van der Waals surface area (Å²) in [4.78, 5) is 24.2. The molecule has 136 valence electrons. The van der Waals surface area contributed by atoms with E-state index < -0.39 is 21.8 Å². The van der Waals surface area contributed by atoms with Crippen LogP contribution in [0.25, 0.3) is 0 Å². The van der Waals surface area contributed by atoms with E-state index in [2.05, 4.69) is 10.9 Å². The first kappa shape index (κ1) is 18.1. The summed E-state index contributed by atoms with van der Waals surface area (Å²) >= 11 is 0. The first-order chi connectivity index (χ1) is 12.5. The third kappa shape index (κ3) is 3.92. The molecule has 0 atom stereocenters. The van der Waals surface area contributed by atoms with Gasteiger partial charge in [0.15, 0.2) is 0 Å². The highest BCUT2D eigenvalue weighted by molar-refractivity contribution is 7.89. The molecule has 0 bridgehead atoms. The highest BCUT2D eigenvalue weighted by Gasteiger charge is 2.27. The van der Waals surface area contributed by atoms with Crippen LogP contribution in [0, 0.1) is 0 Å². The molecule has 1 heterocycles. The van der Waals surface area contributed by atoms with E-state index in [1.165, 1.54) is 28.6 Å². The van der Waals surface area contributed by atoms with Crippen LogP contribution in [0.15, 0.2) is 59.5 Å². The van der Waals surface area contributed by atoms with E-state index in [1.807, 2.05) is 0 Å². The molecule has 1 saturated heterocycles. The molecule has 0 radical (unpaired) electrons. The second-order valence-corrected chi connectivity index (χ2v) is 7.85. The molecule has 2 aromatic rings. The van der Waals surface area contributed by atoms with Crippen molar-refractivity contribution in [2.24, 2.45) is 0 Å². The molecule has 1 aliphatic heterocycles. The number of benzene rings is 2. The summed E-state index contributed by atoms with van der Waals surface area (Å²) in [6.45, 7) is 1.05. The minimum Gasteiger partial charge on any atom is -0.267 e. The Morgan fingerprint density at radius 2 is 1.27 bits per heavy atom. The second kappa shape index (κ2) is 7.67. The minimum atomic E-state index is -3.51. The van der Waals surface area contributed by atoms with E-state index in [9.17, 15) is 18.0 Å². The predicted octanol–water partition coefficient (Wildman–Crippen LogP) is 1.55. The lowest BCUT2D eigenvalue weighted by Gasteiger charge is -2.15. The fourth-order valence-electron chi connectivity index (χ4n) is 2.70. The van der Waals surface area contributed by atoms with Gasteiger partial charge in [0.1, 0.15) is 0 Å². The van der Waals surface area contributed by atoms with Crippen molar-refractivity contribution in [2.45, 2.75) is 17.7 Å². The van der Waals surface area contributed by atoms with Crippen LogP contribution >= 0.6 is 0 Å². The van der Waals surface area contributed by atoms with Crippen molar-refractivity contribution < 1.29 is 18.0 Å². The lowest BCUT2D eigenvalue weighted by Crippen LogP contribution is -2.41. The molecule has 0 unspecified atom stereocenters. The van der Waals surface area contributed by atoms with Gasteiger partial charge in [-0.3, -0.25) is 20.4 Å². The lowest BCUT2D eigenvalue weighted by molar-refractivity contribution is 0.0846. The monoisotopic (exact) mass is 373 g/mol. The van der Waals surface area contributed by atoms with Crippen LogP contribution in [-0.2, 0) is 10.0 Å². The molecular formula is C18H19N3O4S. The first-order valence-electron chi connectivity index (χ1n) is 8.24. The Balaban J connectivity index is 1.63. The molecule has 3 rings (SSSR count). The van der Waals surface area contributed by atoms with Crippen LogP contribution < -0.4 is 10.9 Å². The van der Waals surface area contributed by atoms with Crippen LogP contribution in [0.2, 0.25) is 0 Å². The van der Waals surface area contributed by atoms with Gasteiger partial charge in [0, 0.05) is 24.2 Å². The van der Waals surface area contributed by atoms with Gasteiger partial charge in [-0.15, -0.1) is 0 Å². The molecule has 1 aliphatic rings. The molecular weight excluding hydrogens is 354 g/mol. The van der Waals surface area contributed by atoms with Crippen molar-refractivity contribution in [3.05, 3.63) is 65.7 Å². The molecule has 0 spiro atoms. The largest absolute Gasteiger partial charge is 0.269 e. The lowest BCUT2D eigenvalue weighted by atomic mass is 10.2. The van der Waals surface area contributed by atoms with Crippen LogP contribution in [-0.4, -0.2) is 37.6 Å². The summed E-state index contributed by atoms with van der Waals surface area (Å²) in [5, 5.41) is 0. The average molecular weight is 373 g/mol. The van der Waals surface area contributed by atoms with E-state index in [0.29, 0.717) is 18.7 Å². The Bertz CT molecular complexity index is 890. The Hall–Kier alpha value is -2.71. The minimum absolute atomic E-state index is 0.157. The van der Waals surface area contributed by atoms with Gasteiger partial charge < -0.3 is 0 Å². The fraction of sp³-hybridized carbons (Fsp3) is 0.222. The average Bonchev–Trinajstić information content (AvgIpc) is 3.22. The molecule has 0 aliphatic carbocycles. The summed E-state index contributed by atoms with van der Waals surface area (Å²) < 4.78 is 26.4. The van der Waals surface area contributed by atoms with E-state index in [0.717, 1.165) is 12.8 Å². The maximum absolute atomic E-state index is 12.5. The zero-order valence-electron chi connectivity index (χ0n) is 14.0. The molecule has 0 saturated carbocycles. The number of rotatable bonds is 4. The number of carbonyl (C=O) groups is 2. The number of sulfonamides is 1. The molecule has 8 heteroatoms. The van der Waals surface area contributed by atoms with Crippen molar-refractivity contribution in [1.29, 1.82) is 0 Å². The van der Waals surface area contributed by atoms with Gasteiger partial charge in [0.2, 0.25) is 10.0 Å². The molecule has 2 N–H and O–H groups in total. The Labute approximate surface area is 152 Å². The first-order valence-corrected chi connectivity index (χ1v) is 9.68. The fourth-order valence-corrected chi connectivity index (χ4v) is 4.22. The van der Waals surface area contributed by atoms with Gasteiger partial charge >= 0.3 is 0 Å². The van der Waals surface area contributed by atoms with E-state index in [4.69, 9.17) is 0 Å². The molecule has 2 aromatic carbocycles. The highest BCUT2D eigenvalue weighted by Crippen LogP contribution is 2.21. The quantitative estimate of drug-likeness (QED) is 0.795. The van der Waals surface area contributed by atoms with Crippen LogP contribution in [0.3, 0.4) is 0 Å². The highest BCUT2D eigenvalue weighted by atomic mass is 32.2. The van der Waals surface area contributed by atoms with Crippen LogP contribution in [0.5, 0.6) is 0 Å². The number of amides is 2. The summed E-state index contributed by atoms with van der Waals surface area (Å²) in [5.41, 5.74) is 5.30. The van der Waals surface area contributed by atoms with Gasteiger partial charge in [-0.25, -0.2) is 8.42 Å². The van der Waals surface area contributed by atoms with E-state index in [-0.39, 0.29) is 10.5 Å². The number of hydrogen-bond acceptors (Lipinski definition) is 4. The zero-order chi connectivity index (χ0) is 18.6. The van der Waals surface area contributed by atoms with Gasteiger partial charge in [0.05, 0.1) is 4.90 Å². The summed E-state index contributed by atoms with van der Waals surface area (Å²) in [5.74, 6) is -0.966. The maximum Gasteiger partial charge on any atom is 0.269 e. The number of hydrogen-bond donors (Lipinski definition) is 2. The maximum atomic E-state index is 12.5. The molecule has 26 heavy (non-hydrogen) atoms. The normalized spacial score (nSPS) is 14.8. The second-order valence-electron chi connectivity index (χ2n) is 5.91. The number of nitrogens with one attached hydrogen (secondary N) is 2. The van der Waals surface area contributed by atoms with Crippen molar-refractivity contribution in [3.63, 3.8) is 0 Å². The Kier molecular flexibility index (Phi) is 5.34. The summed E-state index contributed by atoms with van der Waals surface area (Å²) in [6.07, 6.45) is 1.72. The third-order valence-corrected chi connectivity index (χ3v) is 6.06. The summed E-state index contributed by atoms with van der Waals surface area (Å²) in [6, 6.07) is 14.1. The standard InChI is InChI=1S/C18H19N3O4S/c22-17(14-6-2-1-3-7-14)19-20-18(23)15-8-10-16(11-9-15)26(24,25)21-12-4-5-13-21/h1-3,6-11H,4-5,12-13H2,(H,19,22)(H,20,23). The van der Waals surface area contributed by atoms with E-state index >= 15 is 0 Å². The van der Waals surface area contributed by atoms with Crippen molar-refractivity contribution in [3.8, 4) is 0 Å². The number of carbonyl (C=O) groups excluding carboxylic acids is 2. The molecule has 2 amide bonds. The topological polar surface area (TPSA) is 95.6 Å². The molecule has 7 nitrogen and oxygen atoms in total. The van der Waals surface area contributed by atoms with E-state index in [1.54, 1.807) is 30.3 Å². The van der Waals surface area contributed by atoms with Crippen molar-refractivity contribution in [2.75, 3.05) is 13.1 Å². The van der Waals surface area contributed by atoms with Crippen LogP contribution in [0.4, 0.5) is 0 Å². The van der Waals surface area contributed by atoms with Gasteiger partial charge in [-0.2, -0.15) is 4.31 Å². The van der Waals surface area contributed by atoms with Crippen molar-refractivity contribution >= 4 is 21.8 Å². The van der Waals surface area contributed by atoms with Crippen molar-refractivity contribution in [1.82, 2.24) is 15.2 Å². The number of hydrazine groups is 1.